The van der Waals surface area contributed by atoms with E-state index >= 15 is 0 Å². The van der Waals surface area contributed by atoms with Gasteiger partial charge in [0.05, 0.1) is 11.5 Å². The molecule has 0 saturated heterocycles. The molecular weight excluding hydrogens is 448 g/mol. The summed E-state index contributed by atoms with van der Waals surface area (Å²) in [4.78, 5) is 15.8. The van der Waals surface area contributed by atoms with Gasteiger partial charge in [-0.25, -0.2) is 13.2 Å². The van der Waals surface area contributed by atoms with E-state index in [2.05, 4.69) is 4.98 Å². The minimum Gasteiger partial charge on any atom is -0.461 e. The molecule has 1 aliphatic rings. The Hall–Kier alpha value is -2.90. The van der Waals surface area contributed by atoms with Crippen LogP contribution in [-0.2, 0) is 40.7 Å². The Morgan fingerprint density at radius 1 is 1.00 bits per heavy atom. The number of benzene rings is 2. The number of nitrogens with zero attached hydrogens (tertiary/aromatic N) is 1. The lowest BCUT2D eigenvalue weighted by Gasteiger charge is -2.24. The Labute approximate surface area is 202 Å². The molecular formula is C27H32N2O4S. The van der Waals surface area contributed by atoms with Crippen LogP contribution in [0.2, 0.25) is 0 Å². The fraction of sp³-hybridized carbons (Fsp3) is 0.370. The van der Waals surface area contributed by atoms with Gasteiger partial charge in [0, 0.05) is 18.8 Å². The summed E-state index contributed by atoms with van der Waals surface area (Å²) in [5.41, 5.74) is 5.93. The van der Waals surface area contributed by atoms with Gasteiger partial charge < -0.3 is 9.72 Å². The van der Waals surface area contributed by atoms with E-state index in [0.29, 0.717) is 10.6 Å². The number of rotatable bonds is 8. The van der Waals surface area contributed by atoms with Gasteiger partial charge in [-0.15, -0.1) is 0 Å². The van der Waals surface area contributed by atoms with Crippen molar-refractivity contribution in [1.82, 2.24) is 9.29 Å². The number of H-pyrrole nitrogens is 1. The fourth-order valence-corrected chi connectivity index (χ4v) is 6.09. The van der Waals surface area contributed by atoms with Gasteiger partial charge in [-0.3, -0.25) is 0 Å². The number of fused-ring (bicyclic) bond motifs is 1. The van der Waals surface area contributed by atoms with E-state index in [-0.39, 0.29) is 19.7 Å². The van der Waals surface area contributed by atoms with Gasteiger partial charge in [0.2, 0.25) is 10.0 Å². The number of sulfonamides is 1. The van der Waals surface area contributed by atoms with Crippen LogP contribution in [-0.4, -0.2) is 30.3 Å². The number of hydrogen-bond acceptors (Lipinski definition) is 4. The first kappa shape index (κ1) is 24.2. The number of ether oxygens (including phenoxy) is 1. The normalized spacial score (nSPS) is 13.6. The molecule has 0 spiro atoms. The summed E-state index contributed by atoms with van der Waals surface area (Å²) < 4.78 is 34.5. The van der Waals surface area contributed by atoms with Crippen LogP contribution >= 0.6 is 0 Å². The van der Waals surface area contributed by atoms with Crippen LogP contribution in [0.15, 0.2) is 53.4 Å². The summed E-state index contributed by atoms with van der Waals surface area (Å²) in [6.07, 6.45) is 4.15. The molecule has 0 fully saturated rings. The molecule has 1 aromatic heterocycles. The predicted molar refractivity (Wildman–Crippen MR) is 132 cm³/mol. The second-order valence-corrected chi connectivity index (χ2v) is 10.8. The summed E-state index contributed by atoms with van der Waals surface area (Å²) in [6.45, 7) is 6.12. The average Bonchev–Trinajstić information content (AvgIpc) is 3.12. The topological polar surface area (TPSA) is 79.5 Å². The molecule has 6 nitrogen and oxygen atoms in total. The van der Waals surface area contributed by atoms with Gasteiger partial charge in [-0.1, -0.05) is 36.4 Å². The molecule has 1 aliphatic carbocycles. The molecule has 0 bridgehead atoms. The van der Waals surface area contributed by atoms with Crippen molar-refractivity contribution in [2.45, 2.75) is 64.4 Å². The molecule has 1 N–H and O–H groups in total. The van der Waals surface area contributed by atoms with Crippen molar-refractivity contribution in [2.75, 3.05) is 6.61 Å². The van der Waals surface area contributed by atoms with Crippen molar-refractivity contribution in [2.24, 2.45) is 0 Å². The zero-order valence-corrected chi connectivity index (χ0v) is 20.9. The molecule has 180 valence electrons. The molecule has 34 heavy (non-hydrogen) atoms. The number of aromatic amines is 1. The predicted octanol–water partition coefficient (Wildman–Crippen LogP) is 5.08. The van der Waals surface area contributed by atoms with Gasteiger partial charge in [0.1, 0.15) is 5.69 Å². The third kappa shape index (κ3) is 4.95. The molecule has 7 heteroatoms. The highest BCUT2D eigenvalue weighted by molar-refractivity contribution is 7.89. The first-order valence-electron chi connectivity index (χ1n) is 11.8. The monoisotopic (exact) mass is 480 g/mol. The second kappa shape index (κ2) is 10.2. The van der Waals surface area contributed by atoms with E-state index in [1.807, 2.05) is 56.3 Å². The van der Waals surface area contributed by atoms with E-state index in [4.69, 9.17) is 4.74 Å². The largest absolute Gasteiger partial charge is 0.461 e. The average molecular weight is 481 g/mol. The number of aromatic nitrogens is 1. The standard InChI is InChI=1S/C27H32N2O4S/c1-4-33-27(30)26-19(2)25(20(3)28-26)18-29(17-21-10-6-5-7-11-21)34(31,32)24-15-14-22-12-8-9-13-23(22)16-24/h5-7,10-11,14-16,28H,4,8-9,12-13,17-18H2,1-3H3. The molecule has 4 rings (SSSR count). The highest BCUT2D eigenvalue weighted by Gasteiger charge is 2.29. The van der Waals surface area contributed by atoms with E-state index in [0.717, 1.165) is 53.6 Å². The number of carbonyl (C=O) groups excluding carboxylic acids is 1. The number of carbonyl (C=O) groups is 1. The Kier molecular flexibility index (Phi) is 7.24. The van der Waals surface area contributed by atoms with Gasteiger partial charge in [-0.05, 0) is 86.4 Å². The molecule has 0 amide bonds. The smallest absolute Gasteiger partial charge is 0.355 e. The van der Waals surface area contributed by atoms with Crippen LogP contribution in [0.4, 0.5) is 0 Å². The third-order valence-corrected chi connectivity index (χ3v) is 8.35. The van der Waals surface area contributed by atoms with E-state index in [1.165, 1.54) is 9.87 Å². The Balaban J connectivity index is 1.73. The van der Waals surface area contributed by atoms with Gasteiger partial charge in [-0.2, -0.15) is 4.31 Å². The molecule has 0 aliphatic heterocycles. The van der Waals surface area contributed by atoms with E-state index in [1.54, 1.807) is 13.0 Å². The van der Waals surface area contributed by atoms with Gasteiger partial charge >= 0.3 is 5.97 Å². The van der Waals surface area contributed by atoms with Crippen LogP contribution in [0.1, 0.15) is 63.8 Å². The quantitative estimate of drug-likeness (QED) is 0.456. The molecule has 3 aromatic rings. The molecule has 1 heterocycles. The van der Waals surface area contributed by atoms with Crippen molar-refractivity contribution >= 4 is 16.0 Å². The van der Waals surface area contributed by atoms with Gasteiger partial charge in [0.15, 0.2) is 0 Å². The fourth-order valence-electron chi connectivity index (χ4n) is 4.64. The Bertz CT molecular complexity index is 1280. The lowest BCUT2D eigenvalue weighted by molar-refractivity contribution is 0.0519. The van der Waals surface area contributed by atoms with Crippen molar-refractivity contribution < 1.29 is 17.9 Å². The Morgan fingerprint density at radius 2 is 1.71 bits per heavy atom. The summed E-state index contributed by atoms with van der Waals surface area (Å²) in [6, 6.07) is 15.1. The molecule has 2 aromatic carbocycles. The first-order valence-corrected chi connectivity index (χ1v) is 13.3. The van der Waals surface area contributed by atoms with Crippen LogP contribution in [0.5, 0.6) is 0 Å². The van der Waals surface area contributed by atoms with Crippen molar-refractivity contribution in [3.05, 3.63) is 87.7 Å². The molecule has 0 unspecified atom stereocenters. The van der Waals surface area contributed by atoms with Crippen LogP contribution < -0.4 is 0 Å². The maximum absolute atomic E-state index is 13.9. The summed E-state index contributed by atoms with van der Waals surface area (Å²) in [5.74, 6) is -0.429. The highest BCUT2D eigenvalue weighted by atomic mass is 32.2. The van der Waals surface area contributed by atoms with Crippen molar-refractivity contribution in [3.63, 3.8) is 0 Å². The minimum absolute atomic E-state index is 0.155. The minimum atomic E-state index is -3.78. The van der Waals surface area contributed by atoms with E-state index < -0.39 is 16.0 Å². The van der Waals surface area contributed by atoms with Crippen LogP contribution in [0.3, 0.4) is 0 Å². The molecule has 0 saturated carbocycles. The third-order valence-electron chi connectivity index (χ3n) is 6.57. The highest BCUT2D eigenvalue weighted by Crippen LogP contribution is 2.29. The molecule has 0 radical (unpaired) electrons. The second-order valence-electron chi connectivity index (χ2n) is 8.85. The summed E-state index contributed by atoms with van der Waals surface area (Å²) >= 11 is 0. The number of nitrogens with one attached hydrogen (secondary N) is 1. The number of hydrogen-bond donors (Lipinski definition) is 1. The maximum atomic E-state index is 13.9. The first-order chi connectivity index (χ1) is 16.3. The maximum Gasteiger partial charge on any atom is 0.355 e. The van der Waals surface area contributed by atoms with Crippen LogP contribution in [0, 0.1) is 13.8 Å². The summed E-state index contributed by atoms with van der Waals surface area (Å²) in [5, 5.41) is 0. The molecule has 0 atom stereocenters. The number of aryl methyl sites for hydroxylation is 3. The lowest BCUT2D eigenvalue weighted by atomic mass is 9.92. The Morgan fingerprint density at radius 3 is 2.41 bits per heavy atom. The number of esters is 1. The van der Waals surface area contributed by atoms with Crippen molar-refractivity contribution in [3.8, 4) is 0 Å². The van der Waals surface area contributed by atoms with Gasteiger partial charge in [0.25, 0.3) is 0 Å². The zero-order chi connectivity index (χ0) is 24.3. The lowest BCUT2D eigenvalue weighted by Crippen LogP contribution is -2.31. The summed E-state index contributed by atoms with van der Waals surface area (Å²) in [7, 11) is -3.78. The SMILES string of the molecule is CCOC(=O)c1[nH]c(C)c(CN(Cc2ccccc2)S(=O)(=O)c2ccc3c(c2)CCCC3)c1C. The zero-order valence-electron chi connectivity index (χ0n) is 20.1. The van der Waals surface area contributed by atoms with Crippen LogP contribution in [0.25, 0.3) is 0 Å². The van der Waals surface area contributed by atoms with E-state index in [9.17, 15) is 13.2 Å². The van der Waals surface area contributed by atoms with Crippen molar-refractivity contribution in [1.29, 1.82) is 0 Å².